The van der Waals surface area contributed by atoms with Crippen molar-refractivity contribution in [2.75, 3.05) is 13.1 Å². The molecule has 2 aromatic rings. The number of hydrogen-bond acceptors (Lipinski definition) is 3. The fourth-order valence-electron chi connectivity index (χ4n) is 4.07. The summed E-state index contributed by atoms with van der Waals surface area (Å²) in [5.74, 6) is -0.372. The van der Waals surface area contributed by atoms with Gasteiger partial charge < -0.3 is 5.32 Å². The van der Waals surface area contributed by atoms with E-state index in [0.29, 0.717) is 11.6 Å². The molecule has 2 aromatic carbocycles. The number of nitrogens with one attached hydrogen (secondary N) is 2. The third kappa shape index (κ3) is 3.48. The second-order valence-corrected chi connectivity index (χ2v) is 7.02. The molecule has 2 N–H and O–H groups in total. The zero-order chi connectivity index (χ0) is 17.9. The molecule has 2 unspecified atom stereocenters. The molecule has 0 aliphatic carbocycles. The van der Waals surface area contributed by atoms with Crippen LogP contribution in [0.4, 0.5) is 4.79 Å². The Balaban J connectivity index is 1.38. The Morgan fingerprint density at radius 1 is 0.962 bits per heavy atom. The van der Waals surface area contributed by atoms with Crippen molar-refractivity contribution in [2.24, 2.45) is 0 Å². The quantitative estimate of drug-likeness (QED) is 0.876. The molecule has 134 valence electrons. The molecule has 2 aliphatic heterocycles. The molecular formula is C21H23N3O2. The van der Waals surface area contributed by atoms with Crippen LogP contribution in [0.15, 0.2) is 54.6 Å². The summed E-state index contributed by atoms with van der Waals surface area (Å²) in [6.07, 6.45) is 2.88. The molecule has 5 heteroatoms. The predicted molar refractivity (Wildman–Crippen MR) is 99.9 cm³/mol. The molecule has 2 atom stereocenters. The predicted octanol–water partition coefficient (Wildman–Crippen LogP) is 2.89. The Morgan fingerprint density at radius 3 is 2.58 bits per heavy atom. The van der Waals surface area contributed by atoms with Gasteiger partial charge >= 0.3 is 6.03 Å². The summed E-state index contributed by atoms with van der Waals surface area (Å²) in [5.41, 5.74) is 3.28. The number of amides is 3. The first kappa shape index (κ1) is 16.8. The van der Waals surface area contributed by atoms with Crippen LogP contribution in [0.3, 0.4) is 0 Å². The molecule has 0 bridgehead atoms. The highest BCUT2D eigenvalue weighted by molar-refractivity contribution is 6.04. The number of urea groups is 1. The van der Waals surface area contributed by atoms with Gasteiger partial charge in [0, 0.05) is 30.7 Å². The molecule has 4 rings (SSSR count). The molecular weight excluding hydrogens is 326 g/mol. The molecule has 1 fully saturated rings. The first-order valence-corrected chi connectivity index (χ1v) is 9.19. The van der Waals surface area contributed by atoms with Crippen LogP contribution in [-0.2, 0) is 6.42 Å². The van der Waals surface area contributed by atoms with E-state index in [-0.39, 0.29) is 11.9 Å². The van der Waals surface area contributed by atoms with E-state index >= 15 is 0 Å². The van der Waals surface area contributed by atoms with Gasteiger partial charge in [-0.1, -0.05) is 42.5 Å². The minimum atomic E-state index is -0.415. The van der Waals surface area contributed by atoms with Gasteiger partial charge in [-0.3, -0.25) is 15.0 Å². The number of benzene rings is 2. The largest absolute Gasteiger partial charge is 0.335 e. The SMILES string of the molecule is O=C(NC(=O)c1ccccc1)NC1CCN2CCc3ccccc3C2C1. The molecule has 5 nitrogen and oxygen atoms in total. The number of hydrogen-bond donors (Lipinski definition) is 2. The van der Waals surface area contributed by atoms with Crippen LogP contribution in [0.1, 0.15) is 40.4 Å². The van der Waals surface area contributed by atoms with Crippen molar-refractivity contribution in [1.82, 2.24) is 15.5 Å². The van der Waals surface area contributed by atoms with Crippen molar-refractivity contribution in [3.05, 3.63) is 71.3 Å². The van der Waals surface area contributed by atoms with Crippen molar-refractivity contribution in [3.63, 3.8) is 0 Å². The van der Waals surface area contributed by atoms with Crippen molar-refractivity contribution in [1.29, 1.82) is 0 Å². The van der Waals surface area contributed by atoms with E-state index in [1.54, 1.807) is 24.3 Å². The van der Waals surface area contributed by atoms with Gasteiger partial charge in [0.1, 0.15) is 0 Å². The number of imide groups is 1. The zero-order valence-electron chi connectivity index (χ0n) is 14.7. The van der Waals surface area contributed by atoms with E-state index in [1.165, 1.54) is 11.1 Å². The number of fused-ring (bicyclic) bond motifs is 3. The number of nitrogens with zero attached hydrogens (tertiary/aromatic N) is 1. The lowest BCUT2D eigenvalue weighted by molar-refractivity contribution is 0.0956. The van der Waals surface area contributed by atoms with E-state index in [0.717, 1.165) is 32.4 Å². The van der Waals surface area contributed by atoms with Gasteiger partial charge in [0.05, 0.1) is 0 Å². The number of piperidine rings is 1. The smallest absolute Gasteiger partial charge is 0.321 e. The summed E-state index contributed by atoms with van der Waals surface area (Å²) in [6.45, 7) is 2.05. The molecule has 0 aromatic heterocycles. The summed E-state index contributed by atoms with van der Waals surface area (Å²) >= 11 is 0. The van der Waals surface area contributed by atoms with Gasteiger partial charge in [-0.15, -0.1) is 0 Å². The van der Waals surface area contributed by atoms with Crippen LogP contribution in [0.25, 0.3) is 0 Å². The van der Waals surface area contributed by atoms with Crippen LogP contribution < -0.4 is 10.6 Å². The topological polar surface area (TPSA) is 61.4 Å². The third-order valence-corrected chi connectivity index (χ3v) is 5.39. The highest BCUT2D eigenvalue weighted by atomic mass is 16.2. The molecule has 1 saturated heterocycles. The minimum Gasteiger partial charge on any atom is -0.335 e. The van der Waals surface area contributed by atoms with Crippen molar-refractivity contribution < 1.29 is 9.59 Å². The maximum atomic E-state index is 12.2. The normalized spacial score (nSPS) is 22.0. The van der Waals surface area contributed by atoms with Gasteiger partial charge in [-0.25, -0.2) is 4.79 Å². The van der Waals surface area contributed by atoms with Crippen molar-refractivity contribution in [2.45, 2.75) is 31.3 Å². The molecule has 3 amide bonds. The highest BCUT2D eigenvalue weighted by Crippen LogP contribution is 2.36. The lowest BCUT2D eigenvalue weighted by Gasteiger charge is -2.43. The van der Waals surface area contributed by atoms with E-state index in [9.17, 15) is 9.59 Å². The van der Waals surface area contributed by atoms with Crippen molar-refractivity contribution in [3.8, 4) is 0 Å². The standard InChI is InChI=1S/C21H23N3O2/c25-20(16-7-2-1-3-8-16)23-21(26)22-17-11-13-24-12-10-15-6-4-5-9-18(15)19(24)14-17/h1-9,17,19H,10-14H2,(H2,22,23,25,26). The van der Waals surface area contributed by atoms with E-state index in [1.807, 2.05) is 6.07 Å². The lowest BCUT2D eigenvalue weighted by atomic mass is 9.85. The Labute approximate surface area is 153 Å². The monoisotopic (exact) mass is 349 g/mol. The first-order valence-electron chi connectivity index (χ1n) is 9.19. The summed E-state index contributed by atoms with van der Waals surface area (Å²) in [6, 6.07) is 17.4. The second kappa shape index (κ2) is 7.30. The minimum absolute atomic E-state index is 0.0750. The highest BCUT2D eigenvalue weighted by Gasteiger charge is 2.33. The van der Waals surface area contributed by atoms with Crippen LogP contribution in [-0.4, -0.2) is 36.0 Å². The molecule has 0 spiro atoms. The summed E-state index contributed by atoms with van der Waals surface area (Å²) in [7, 11) is 0. The van der Waals surface area contributed by atoms with Crippen LogP contribution in [0.5, 0.6) is 0 Å². The third-order valence-electron chi connectivity index (χ3n) is 5.39. The Hall–Kier alpha value is -2.66. The average Bonchev–Trinajstić information content (AvgIpc) is 2.68. The Bertz CT molecular complexity index is 806. The number of carbonyl (C=O) groups excluding carboxylic acids is 2. The Morgan fingerprint density at radius 2 is 1.73 bits per heavy atom. The van der Waals surface area contributed by atoms with Gasteiger partial charge in [-0.05, 0) is 42.5 Å². The fraction of sp³-hybridized carbons (Fsp3) is 0.333. The van der Waals surface area contributed by atoms with Gasteiger partial charge in [0.15, 0.2) is 0 Å². The molecule has 2 aliphatic rings. The molecule has 26 heavy (non-hydrogen) atoms. The summed E-state index contributed by atoms with van der Waals surface area (Å²) in [4.78, 5) is 26.9. The molecule has 0 saturated carbocycles. The first-order chi connectivity index (χ1) is 12.7. The van der Waals surface area contributed by atoms with Crippen LogP contribution in [0.2, 0.25) is 0 Å². The summed E-state index contributed by atoms with van der Waals surface area (Å²) in [5, 5.41) is 5.42. The van der Waals surface area contributed by atoms with Gasteiger partial charge in [0.2, 0.25) is 0 Å². The molecule has 2 heterocycles. The van der Waals surface area contributed by atoms with E-state index in [4.69, 9.17) is 0 Å². The Kier molecular flexibility index (Phi) is 4.71. The maximum Gasteiger partial charge on any atom is 0.321 e. The molecule has 0 radical (unpaired) electrons. The number of carbonyl (C=O) groups is 2. The lowest BCUT2D eigenvalue weighted by Crippen LogP contribution is -2.51. The van der Waals surface area contributed by atoms with Gasteiger partial charge in [0.25, 0.3) is 5.91 Å². The van der Waals surface area contributed by atoms with E-state index < -0.39 is 6.03 Å². The average molecular weight is 349 g/mol. The fourth-order valence-corrected chi connectivity index (χ4v) is 4.07. The zero-order valence-corrected chi connectivity index (χ0v) is 14.7. The van der Waals surface area contributed by atoms with Crippen LogP contribution >= 0.6 is 0 Å². The maximum absolute atomic E-state index is 12.2. The second-order valence-electron chi connectivity index (χ2n) is 7.02. The van der Waals surface area contributed by atoms with E-state index in [2.05, 4.69) is 39.8 Å². The van der Waals surface area contributed by atoms with Gasteiger partial charge in [-0.2, -0.15) is 0 Å². The van der Waals surface area contributed by atoms with Crippen LogP contribution in [0, 0.1) is 0 Å². The number of rotatable bonds is 2. The van der Waals surface area contributed by atoms with Crippen molar-refractivity contribution >= 4 is 11.9 Å². The summed E-state index contributed by atoms with van der Waals surface area (Å²) < 4.78 is 0.